The first kappa shape index (κ1) is 12.4. The summed E-state index contributed by atoms with van der Waals surface area (Å²) < 4.78 is 11.4. The molecule has 2 aromatic rings. The first-order valence-electron chi connectivity index (χ1n) is 6.36. The van der Waals surface area contributed by atoms with Gasteiger partial charge in [0.25, 0.3) is 0 Å². The minimum absolute atomic E-state index is 0.0525. The Morgan fingerprint density at radius 2 is 2.21 bits per heavy atom. The lowest BCUT2D eigenvalue weighted by atomic mass is 10.1. The largest absolute Gasteiger partial charge is 0.458 e. The molecule has 19 heavy (non-hydrogen) atoms. The number of aliphatic hydroxyl groups is 1. The van der Waals surface area contributed by atoms with Gasteiger partial charge >= 0.3 is 0 Å². The van der Waals surface area contributed by atoms with E-state index < -0.39 is 0 Å². The van der Waals surface area contributed by atoms with E-state index in [1.807, 2.05) is 19.0 Å². The Labute approximate surface area is 111 Å². The molecule has 0 bridgehead atoms. The highest BCUT2D eigenvalue weighted by Gasteiger charge is 2.29. The highest BCUT2D eigenvalue weighted by atomic mass is 16.5. The molecule has 0 saturated carbocycles. The van der Waals surface area contributed by atoms with E-state index in [9.17, 15) is 0 Å². The van der Waals surface area contributed by atoms with Crippen molar-refractivity contribution >= 4 is 16.9 Å². The average molecular weight is 263 g/mol. The lowest BCUT2D eigenvalue weighted by Crippen LogP contribution is -2.11. The topological polar surface area (TPSA) is 71.6 Å². The second-order valence-corrected chi connectivity index (χ2v) is 4.97. The van der Waals surface area contributed by atoms with Crippen LogP contribution in [-0.4, -0.2) is 41.9 Å². The van der Waals surface area contributed by atoms with Gasteiger partial charge in [-0.1, -0.05) is 0 Å². The van der Waals surface area contributed by atoms with Crippen molar-refractivity contribution in [2.45, 2.75) is 25.0 Å². The van der Waals surface area contributed by atoms with Crippen LogP contribution < -0.4 is 4.90 Å². The van der Waals surface area contributed by atoms with Gasteiger partial charge in [-0.3, -0.25) is 0 Å². The van der Waals surface area contributed by atoms with Crippen LogP contribution in [0.3, 0.4) is 0 Å². The zero-order valence-corrected chi connectivity index (χ0v) is 11.0. The van der Waals surface area contributed by atoms with Gasteiger partial charge < -0.3 is 19.2 Å². The fraction of sp³-hybridized carbons (Fsp3) is 0.538. The third kappa shape index (κ3) is 2.06. The molecule has 102 valence electrons. The van der Waals surface area contributed by atoms with Crippen molar-refractivity contribution in [1.82, 2.24) is 9.97 Å². The third-order valence-electron chi connectivity index (χ3n) is 3.44. The summed E-state index contributed by atoms with van der Waals surface area (Å²) in [5.41, 5.74) is 2.41. The second-order valence-electron chi connectivity index (χ2n) is 4.97. The van der Waals surface area contributed by atoms with Gasteiger partial charge in [-0.05, 0) is 12.8 Å². The highest BCUT2D eigenvalue weighted by Crippen LogP contribution is 2.37. The van der Waals surface area contributed by atoms with Gasteiger partial charge in [0, 0.05) is 19.7 Å². The minimum atomic E-state index is -0.0786. The predicted octanol–water partition coefficient (Wildman–Crippen LogP) is 1.50. The predicted molar refractivity (Wildman–Crippen MR) is 70.1 cm³/mol. The minimum Gasteiger partial charge on any atom is -0.458 e. The molecule has 0 amide bonds. The van der Waals surface area contributed by atoms with E-state index >= 15 is 0 Å². The summed E-state index contributed by atoms with van der Waals surface area (Å²) in [6, 6.07) is 0. The highest BCUT2D eigenvalue weighted by molar-refractivity contribution is 5.86. The van der Waals surface area contributed by atoms with Crippen LogP contribution in [0.25, 0.3) is 11.1 Å². The number of nitrogens with zero attached hydrogens (tertiary/aromatic N) is 3. The quantitative estimate of drug-likeness (QED) is 0.904. The molecule has 3 rings (SSSR count). The summed E-state index contributed by atoms with van der Waals surface area (Å²) in [4.78, 5) is 10.4. The number of anilines is 1. The SMILES string of the molecule is CN(C)c1ncnc2c([C@H]3CC[C@@H](CO)O3)coc12. The van der Waals surface area contributed by atoms with Crippen LogP contribution in [0.2, 0.25) is 0 Å². The summed E-state index contributed by atoms with van der Waals surface area (Å²) in [7, 11) is 3.83. The molecule has 1 aliphatic rings. The van der Waals surface area contributed by atoms with Crippen LogP contribution in [0.15, 0.2) is 17.0 Å². The van der Waals surface area contributed by atoms with Crippen molar-refractivity contribution in [2.24, 2.45) is 0 Å². The lowest BCUT2D eigenvalue weighted by Gasteiger charge is -2.12. The average Bonchev–Trinajstić information content (AvgIpc) is 3.03. The number of hydrogen-bond acceptors (Lipinski definition) is 6. The van der Waals surface area contributed by atoms with Crippen LogP contribution in [0.1, 0.15) is 24.5 Å². The molecule has 0 spiro atoms. The molecule has 0 aliphatic carbocycles. The third-order valence-corrected chi connectivity index (χ3v) is 3.44. The number of rotatable bonds is 3. The summed E-state index contributed by atoms with van der Waals surface area (Å²) >= 11 is 0. The Morgan fingerprint density at radius 3 is 2.89 bits per heavy atom. The molecule has 6 heteroatoms. The van der Waals surface area contributed by atoms with Gasteiger partial charge in [-0.25, -0.2) is 9.97 Å². The zero-order chi connectivity index (χ0) is 13.4. The van der Waals surface area contributed by atoms with E-state index in [1.54, 1.807) is 6.26 Å². The normalized spacial score (nSPS) is 23.1. The van der Waals surface area contributed by atoms with Crippen LogP contribution >= 0.6 is 0 Å². The van der Waals surface area contributed by atoms with Crippen molar-refractivity contribution in [1.29, 1.82) is 0 Å². The monoisotopic (exact) mass is 263 g/mol. The van der Waals surface area contributed by atoms with Crippen LogP contribution in [0.4, 0.5) is 5.82 Å². The fourth-order valence-corrected chi connectivity index (χ4v) is 2.47. The maximum absolute atomic E-state index is 9.13. The Hall–Kier alpha value is -1.66. The van der Waals surface area contributed by atoms with E-state index in [-0.39, 0.29) is 18.8 Å². The number of aliphatic hydroxyl groups excluding tert-OH is 1. The van der Waals surface area contributed by atoms with Crippen LogP contribution in [0, 0.1) is 0 Å². The molecule has 0 aromatic carbocycles. The van der Waals surface area contributed by atoms with Crippen molar-refractivity contribution < 1.29 is 14.3 Å². The zero-order valence-electron chi connectivity index (χ0n) is 11.0. The number of aromatic nitrogens is 2. The molecular weight excluding hydrogens is 246 g/mol. The summed E-state index contributed by atoms with van der Waals surface area (Å²) in [5.74, 6) is 0.757. The molecular formula is C13H17N3O3. The van der Waals surface area contributed by atoms with Gasteiger partial charge in [0.1, 0.15) is 11.8 Å². The Balaban J connectivity index is 2.00. The molecule has 1 saturated heterocycles. The fourth-order valence-electron chi connectivity index (χ4n) is 2.47. The van der Waals surface area contributed by atoms with E-state index in [0.29, 0.717) is 5.58 Å². The molecule has 0 unspecified atom stereocenters. The van der Waals surface area contributed by atoms with Crippen molar-refractivity contribution in [3.63, 3.8) is 0 Å². The van der Waals surface area contributed by atoms with E-state index in [1.165, 1.54) is 6.33 Å². The van der Waals surface area contributed by atoms with Crippen molar-refractivity contribution in [2.75, 3.05) is 25.6 Å². The summed E-state index contributed by atoms with van der Waals surface area (Å²) in [6.07, 6.45) is 4.83. The Morgan fingerprint density at radius 1 is 1.37 bits per heavy atom. The molecule has 1 fully saturated rings. The van der Waals surface area contributed by atoms with E-state index in [4.69, 9.17) is 14.3 Å². The van der Waals surface area contributed by atoms with Crippen LogP contribution in [-0.2, 0) is 4.74 Å². The smallest absolute Gasteiger partial charge is 0.195 e. The van der Waals surface area contributed by atoms with Gasteiger partial charge in [0.05, 0.1) is 25.1 Å². The molecule has 2 aromatic heterocycles. The van der Waals surface area contributed by atoms with Crippen LogP contribution in [0.5, 0.6) is 0 Å². The first-order valence-corrected chi connectivity index (χ1v) is 6.36. The Kier molecular flexibility index (Phi) is 3.12. The molecule has 0 radical (unpaired) electrons. The second kappa shape index (κ2) is 4.79. The Bertz CT molecular complexity index is 582. The standard InChI is InChI=1S/C13H17N3O3/c1-16(2)13-12-11(14-7-15-13)9(6-18-12)10-4-3-8(5-17)19-10/h6-8,10,17H,3-5H2,1-2H3/t8-,10+/m0/s1. The summed E-state index contributed by atoms with van der Waals surface area (Å²) in [6.45, 7) is 0.0597. The number of furan rings is 1. The summed E-state index contributed by atoms with van der Waals surface area (Å²) in [5, 5.41) is 9.13. The number of hydrogen-bond donors (Lipinski definition) is 1. The number of fused-ring (bicyclic) bond motifs is 1. The lowest BCUT2D eigenvalue weighted by molar-refractivity contribution is 0.0112. The van der Waals surface area contributed by atoms with Gasteiger partial charge in [0.2, 0.25) is 0 Å². The van der Waals surface area contributed by atoms with E-state index in [0.717, 1.165) is 29.7 Å². The van der Waals surface area contributed by atoms with Gasteiger partial charge in [-0.2, -0.15) is 0 Å². The van der Waals surface area contributed by atoms with Gasteiger partial charge in [-0.15, -0.1) is 0 Å². The van der Waals surface area contributed by atoms with E-state index in [2.05, 4.69) is 9.97 Å². The van der Waals surface area contributed by atoms with Crippen molar-refractivity contribution in [3.05, 3.63) is 18.2 Å². The molecule has 2 atom stereocenters. The first-order chi connectivity index (χ1) is 9.20. The van der Waals surface area contributed by atoms with Crippen molar-refractivity contribution in [3.8, 4) is 0 Å². The maximum atomic E-state index is 9.13. The molecule has 1 N–H and O–H groups in total. The number of ether oxygens (including phenoxy) is 1. The maximum Gasteiger partial charge on any atom is 0.195 e. The molecule has 3 heterocycles. The molecule has 1 aliphatic heterocycles. The van der Waals surface area contributed by atoms with Gasteiger partial charge in [0.15, 0.2) is 11.4 Å². The molecule has 6 nitrogen and oxygen atoms in total.